The maximum atomic E-state index is 9.65. The van der Waals surface area contributed by atoms with Gasteiger partial charge in [0.15, 0.2) is 0 Å². The predicted molar refractivity (Wildman–Crippen MR) is 64.4 cm³/mol. The van der Waals surface area contributed by atoms with E-state index in [4.69, 9.17) is 0 Å². The van der Waals surface area contributed by atoms with Gasteiger partial charge in [-0.3, -0.25) is 4.68 Å². The maximum Gasteiger partial charge on any atom is 0.0772 e. The Bertz CT molecular complexity index is 479. The zero-order valence-corrected chi connectivity index (χ0v) is 10.1. The van der Waals surface area contributed by atoms with Gasteiger partial charge in [-0.25, -0.2) is 0 Å². The van der Waals surface area contributed by atoms with Crippen LogP contribution in [0.1, 0.15) is 18.6 Å². The molecule has 0 saturated heterocycles. The number of aliphatic hydroxyl groups excluding tert-OH is 1. The predicted octanol–water partition coefficient (Wildman–Crippen LogP) is 2.62. The van der Waals surface area contributed by atoms with Gasteiger partial charge in [-0.15, -0.1) is 0 Å². The largest absolute Gasteiger partial charge is 0.389 e. The number of benzene rings is 1. The second-order valence-corrected chi connectivity index (χ2v) is 4.78. The van der Waals surface area contributed by atoms with Crippen LogP contribution in [0, 0.1) is 0 Å². The van der Waals surface area contributed by atoms with Crippen molar-refractivity contribution in [3.63, 3.8) is 0 Å². The highest BCUT2D eigenvalue weighted by atomic mass is 32.2. The molecule has 0 unspecified atom stereocenters. The summed E-state index contributed by atoms with van der Waals surface area (Å²) >= 11 is 1.62. The lowest BCUT2D eigenvalue weighted by Gasteiger charge is -2.09. The summed E-state index contributed by atoms with van der Waals surface area (Å²) in [5.74, 6) is 0. The molecule has 0 spiro atoms. The third kappa shape index (κ3) is 2.46. The van der Waals surface area contributed by atoms with Gasteiger partial charge in [-0.2, -0.15) is 5.10 Å². The molecule has 4 heteroatoms. The average Bonchev–Trinajstić information content (AvgIpc) is 2.64. The molecule has 1 atom stereocenters. The van der Waals surface area contributed by atoms with Gasteiger partial charge in [0.1, 0.15) is 0 Å². The van der Waals surface area contributed by atoms with E-state index in [1.165, 1.54) is 0 Å². The van der Waals surface area contributed by atoms with Crippen molar-refractivity contribution < 1.29 is 5.11 Å². The van der Waals surface area contributed by atoms with Crippen LogP contribution < -0.4 is 0 Å². The summed E-state index contributed by atoms with van der Waals surface area (Å²) in [6, 6.07) is 7.88. The van der Waals surface area contributed by atoms with Crippen molar-refractivity contribution in [2.45, 2.75) is 22.8 Å². The second-order valence-electron chi connectivity index (χ2n) is 3.67. The maximum absolute atomic E-state index is 9.65. The van der Waals surface area contributed by atoms with Gasteiger partial charge in [0, 0.05) is 18.1 Å². The third-order valence-electron chi connectivity index (χ3n) is 2.28. The molecule has 1 N–H and O–H groups in total. The minimum absolute atomic E-state index is 0.444. The van der Waals surface area contributed by atoms with E-state index in [-0.39, 0.29) is 0 Å². The zero-order valence-electron chi connectivity index (χ0n) is 9.29. The molecule has 3 nitrogen and oxygen atoms in total. The van der Waals surface area contributed by atoms with Crippen molar-refractivity contribution in [3.8, 4) is 0 Å². The van der Waals surface area contributed by atoms with Crippen LogP contribution in [-0.2, 0) is 7.05 Å². The molecule has 84 valence electrons. The summed E-state index contributed by atoms with van der Waals surface area (Å²) in [7, 11) is 1.89. The van der Waals surface area contributed by atoms with Crippen LogP contribution in [0.3, 0.4) is 0 Å². The molecule has 0 bridgehead atoms. The number of aliphatic hydroxyl groups is 1. The van der Waals surface area contributed by atoms with Gasteiger partial charge < -0.3 is 5.11 Å². The Morgan fingerprint density at radius 2 is 2.12 bits per heavy atom. The minimum atomic E-state index is -0.444. The first-order valence-electron chi connectivity index (χ1n) is 5.10. The summed E-state index contributed by atoms with van der Waals surface area (Å²) in [5.41, 5.74) is 0.955. The topological polar surface area (TPSA) is 38.1 Å². The lowest BCUT2D eigenvalue weighted by atomic mass is 10.1. The number of hydrogen-bond acceptors (Lipinski definition) is 3. The highest BCUT2D eigenvalue weighted by molar-refractivity contribution is 7.99. The highest BCUT2D eigenvalue weighted by Crippen LogP contribution is 2.32. The molecule has 0 radical (unpaired) electrons. The summed E-state index contributed by atoms with van der Waals surface area (Å²) < 4.78 is 1.77. The van der Waals surface area contributed by atoms with Crippen molar-refractivity contribution in [2.75, 3.05) is 0 Å². The molecular formula is C12H14N2OS. The molecule has 1 aromatic heterocycles. The summed E-state index contributed by atoms with van der Waals surface area (Å²) in [5, 5.41) is 13.8. The average molecular weight is 234 g/mol. The quantitative estimate of drug-likeness (QED) is 0.887. The molecule has 2 rings (SSSR count). The molecule has 1 heterocycles. The molecule has 0 aliphatic carbocycles. The fourth-order valence-corrected chi connectivity index (χ4v) is 2.56. The van der Waals surface area contributed by atoms with E-state index in [1.54, 1.807) is 23.4 Å². The van der Waals surface area contributed by atoms with Crippen LogP contribution >= 0.6 is 11.8 Å². The Kier molecular flexibility index (Phi) is 3.31. The van der Waals surface area contributed by atoms with Gasteiger partial charge in [0.2, 0.25) is 0 Å². The van der Waals surface area contributed by atoms with Gasteiger partial charge in [-0.05, 0) is 18.6 Å². The molecular weight excluding hydrogens is 220 g/mol. The van der Waals surface area contributed by atoms with Crippen LogP contribution in [0.4, 0.5) is 0 Å². The monoisotopic (exact) mass is 234 g/mol. The Labute approximate surface area is 99.1 Å². The van der Waals surface area contributed by atoms with Crippen LogP contribution in [0.25, 0.3) is 0 Å². The third-order valence-corrected chi connectivity index (χ3v) is 3.32. The first-order chi connectivity index (χ1) is 7.66. The first-order valence-corrected chi connectivity index (χ1v) is 5.92. The number of rotatable bonds is 3. The van der Waals surface area contributed by atoms with Crippen molar-refractivity contribution in [1.29, 1.82) is 0 Å². The highest BCUT2D eigenvalue weighted by Gasteiger charge is 2.08. The lowest BCUT2D eigenvalue weighted by molar-refractivity contribution is 0.196. The van der Waals surface area contributed by atoms with E-state index in [9.17, 15) is 5.11 Å². The van der Waals surface area contributed by atoms with E-state index in [0.29, 0.717) is 0 Å². The van der Waals surface area contributed by atoms with Crippen LogP contribution in [0.2, 0.25) is 0 Å². The molecule has 1 aromatic carbocycles. The normalized spacial score (nSPS) is 12.7. The molecule has 2 aromatic rings. The number of nitrogens with zero attached hydrogens (tertiary/aromatic N) is 2. The van der Waals surface area contributed by atoms with Gasteiger partial charge in [0.05, 0.1) is 17.2 Å². The van der Waals surface area contributed by atoms with Gasteiger partial charge >= 0.3 is 0 Å². The van der Waals surface area contributed by atoms with E-state index in [1.807, 2.05) is 43.7 Å². The van der Waals surface area contributed by atoms with Gasteiger partial charge in [0.25, 0.3) is 0 Å². The number of hydrogen-bond donors (Lipinski definition) is 1. The zero-order chi connectivity index (χ0) is 11.5. The molecule has 0 amide bonds. The van der Waals surface area contributed by atoms with Crippen LogP contribution in [-0.4, -0.2) is 14.9 Å². The Hall–Kier alpha value is -1.26. The van der Waals surface area contributed by atoms with Crippen molar-refractivity contribution >= 4 is 11.8 Å². The minimum Gasteiger partial charge on any atom is -0.389 e. The Balaban J connectivity index is 2.27. The molecule has 0 aliphatic heterocycles. The molecule has 0 aliphatic rings. The number of aryl methyl sites for hydroxylation is 1. The van der Waals surface area contributed by atoms with Crippen LogP contribution in [0.15, 0.2) is 46.5 Å². The Morgan fingerprint density at radius 3 is 2.75 bits per heavy atom. The van der Waals surface area contributed by atoms with E-state index < -0.39 is 6.10 Å². The fourth-order valence-electron chi connectivity index (χ4n) is 1.50. The molecule has 0 fully saturated rings. The summed E-state index contributed by atoms with van der Waals surface area (Å²) in [6.07, 6.45) is 3.34. The number of aromatic nitrogens is 2. The Morgan fingerprint density at radius 1 is 1.38 bits per heavy atom. The second kappa shape index (κ2) is 4.72. The summed E-state index contributed by atoms with van der Waals surface area (Å²) in [6.45, 7) is 1.78. The fraction of sp³-hybridized carbons (Fsp3) is 0.250. The van der Waals surface area contributed by atoms with E-state index in [2.05, 4.69) is 5.10 Å². The van der Waals surface area contributed by atoms with Gasteiger partial charge in [-0.1, -0.05) is 30.0 Å². The van der Waals surface area contributed by atoms with Crippen LogP contribution in [0.5, 0.6) is 0 Å². The van der Waals surface area contributed by atoms with Crippen molar-refractivity contribution in [1.82, 2.24) is 9.78 Å². The van der Waals surface area contributed by atoms with Crippen molar-refractivity contribution in [3.05, 3.63) is 42.2 Å². The smallest absolute Gasteiger partial charge is 0.0772 e. The van der Waals surface area contributed by atoms with E-state index >= 15 is 0 Å². The SMILES string of the molecule is C[C@@H](O)c1ccccc1Sc1cnn(C)c1. The lowest BCUT2D eigenvalue weighted by Crippen LogP contribution is -1.92. The standard InChI is InChI=1S/C12H14N2OS/c1-9(15)11-5-3-4-6-12(11)16-10-7-13-14(2)8-10/h3-9,15H,1-2H3/t9-/m1/s1. The van der Waals surface area contributed by atoms with Crippen molar-refractivity contribution in [2.24, 2.45) is 7.05 Å². The molecule has 0 saturated carbocycles. The summed E-state index contributed by atoms with van der Waals surface area (Å²) in [4.78, 5) is 2.15. The first kappa shape index (κ1) is 11.2. The van der Waals surface area contributed by atoms with E-state index in [0.717, 1.165) is 15.4 Å². The molecule has 16 heavy (non-hydrogen) atoms.